The number of ether oxygens (including phenoxy) is 1. The van der Waals surface area contributed by atoms with Crippen LogP contribution < -0.4 is 5.32 Å². The lowest BCUT2D eigenvalue weighted by atomic mass is 10.2. The van der Waals surface area contributed by atoms with Crippen LogP contribution in [0.1, 0.15) is 21.0 Å². The first-order valence-corrected chi connectivity index (χ1v) is 7.99. The molecule has 0 saturated heterocycles. The van der Waals surface area contributed by atoms with Gasteiger partial charge in [-0.2, -0.15) is 10.2 Å². The highest BCUT2D eigenvalue weighted by Gasteiger charge is 2.16. The lowest BCUT2D eigenvalue weighted by Crippen LogP contribution is -2.14. The van der Waals surface area contributed by atoms with Crippen molar-refractivity contribution >= 4 is 28.5 Å². The molecule has 0 aliphatic carbocycles. The van der Waals surface area contributed by atoms with Crippen molar-refractivity contribution in [2.45, 2.75) is 0 Å². The van der Waals surface area contributed by atoms with Crippen LogP contribution in [-0.4, -0.2) is 43.9 Å². The van der Waals surface area contributed by atoms with Crippen LogP contribution in [0.3, 0.4) is 0 Å². The third-order valence-corrected chi connectivity index (χ3v) is 3.94. The molecule has 9 heteroatoms. The molecule has 0 spiro atoms. The summed E-state index contributed by atoms with van der Waals surface area (Å²) in [5.74, 6) is -0.940. The Morgan fingerprint density at radius 3 is 2.85 bits per heavy atom. The number of anilines is 1. The van der Waals surface area contributed by atoms with Gasteiger partial charge in [-0.1, -0.05) is 0 Å². The molecule has 27 heavy (non-hydrogen) atoms. The summed E-state index contributed by atoms with van der Waals surface area (Å²) < 4.78 is 6.35. The molecule has 1 aromatic carbocycles. The van der Waals surface area contributed by atoms with Crippen molar-refractivity contribution in [1.82, 2.24) is 25.0 Å². The van der Waals surface area contributed by atoms with Crippen molar-refractivity contribution in [2.75, 3.05) is 12.4 Å². The van der Waals surface area contributed by atoms with E-state index in [0.717, 1.165) is 5.69 Å². The number of fused-ring (bicyclic) bond motifs is 1. The van der Waals surface area contributed by atoms with Crippen LogP contribution in [0.15, 0.2) is 55.0 Å². The fraction of sp³-hybridized carbons (Fsp3) is 0.0556. The molecule has 0 unspecified atom stereocenters. The van der Waals surface area contributed by atoms with E-state index in [9.17, 15) is 9.59 Å². The molecule has 0 atom stereocenters. The Morgan fingerprint density at radius 2 is 2.07 bits per heavy atom. The Balaban J connectivity index is 1.61. The monoisotopic (exact) mass is 362 g/mol. The Hall–Kier alpha value is -4.01. The van der Waals surface area contributed by atoms with Gasteiger partial charge in [0.1, 0.15) is 5.69 Å². The van der Waals surface area contributed by atoms with Crippen LogP contribution in [-0.2, 0) is 4.74 Å². The van der Waals surface area contributed by atoms with E-state index >= 15 is 0 Å². The maximum atomic E-state index is 12.6. The molecule has 0 aliphatic rings. The van der Waals surface area contributed by atoms with E-state index in [-0.39, 0.29) is 17.3 Å². The van der Waals surface area contributed by atoms with Gasteiger partial charge in [-0.3, -0.25) is 14.9 Å². The van der Waals surface area contributed by atoms with Crippen LogP contribution in [0.4, 0.5) is 5.69 Å². The number of hydrogen-bond acceptors (Lipinski definition) is 6. The summed E-state index contributed by atoms with van der Waals surface area (Å²) in [4.78, 5) is 28.5. The second kappa shape index (κ2) is 6.71. The van der Waals surface area contributed by atoms with Gasteiger partial charge in [-0.05, 0) is 36.4 Å². The number of hydrogen-bond donors (Lipinski definition) is 2. The summed E-state index contributed by atoms with van der Waals surface area (Å²) in [5, 5.41) is 14.2. The first-order valence-electron chi connectivity index (χ1n) is 7.99. The van der Waals surface area contributed by atoms with E-state index < -0.39 is 5.97 Å². The molecule has 1 amide bonds. The van der Waals surface area contributed by atoms with Crippen molar-refractivity contribution in [2.24, 2.45) is 0 Å². The normalized spacial score (nSPS) is 10.7. The second-order valence-corrected chi connectivity index (χ2v) is 5.63. The maximum Gasteiger partial charge on any atom is 0.359 e. The number of carbonyl (C=O) groups is 2. The van der Waals surface area contributed by atoms with Crippen LogP contribution in [0, 0.1) is 0 Å². The van der Waals surface area contributed by atoms with Gasteiger partial charge in [-0.15, -0.1) is 0 Å². The molecule has 4 rings (SSSR count). The smallest absolute Gasteiger partial charge is 0.359 e. The van der Waals surface area contributed by atoms with Crippen LogP contribution in [0.5, 0.6) is 0 Å². The van der Waals surface area contributed by atoms with Crippen molar-refractivity contribution in [3.05, 3.63) is 66.4 Å². The fourth-order valence-corrected chi connectivity index (χ4v) is 2.65. The van der Waals surface area contributed by atoms with Gasteiger partial charge in [0.25, 0.3) is 5.91 Å². The lowest BCUT2D eigenvalue weighted by molar-refractivity contribution is 0.0596. The average molecular weight is 362 g/mol. The minimum Gasteiger partial charge on any atom is -0.464 e. The minimum absolute atomic E-state index is 0.155. The highest BCUT2D eigenvalue weighted by molar-refractivity contribution is 6.06. The summed E-state index contributed by atoms with van der Waals surface area (Å²) in [5.41, 5.74) is 2.28. The second-order valence-electron chi connectivity index (χ2n) is 5.63. The predicted octanol–water partition coefficient (Wildman–Crippen LogP) is 2.18. The Bertz CT molecular complexity index is 1130. The molecule has 4 aromatic rings. The van der Waals surface area contributed by atoms with Crippen molar-refractivity contribution in [1.29, 1.82) is 0 Å². The van der Waals surface area contributed by atoms with Gasteiger partial charge in [0.05, 0.1) is 18.3 Å². The summed E-state index contributed by atoms with van der Waals surface area (Å²) in [6.07, 6.45) is 4.97. The van der Waals surface area contributed by atoms with Gasteiger partial charge >= 0.3 is 5.97 Å². The number of esters is 1. The number of rotatable bonds is 4. The number of benzene rings is 1. The minimum atomic E-state index is -0.557. The number of aromatic nitrogens is 5. The molecule has 134 valence electrons. The number of pyridine rings is 1. The third-order valence-electron chi connectivity index (χ3n) is 3.94. The standard InChI is InChI=1S/C18H14N6O3/c1-27-18(26)16-13-9-11(3-4-14(13)22-23-16)21-17(25)15-10-12(5-7-19-15)24-8-2-6-20-24/h2-10H,1H3,(H,21,25)(H,22,23). The predicted molar refractivity (Wildman–Crippen MR) is 96.7 cm³/mol. The number of methoxy groups -OCH3 is 1. The van der Waals surface area contributed by atoms with E-state index in [1.165, 1.54) is 7.11 Å². The SMILES string of the molecule is COC(=O)c1n[nH]c2ccc(NC(=O)c3cc(-n4cccn4)ccn3)cc12. The number of carbonyl (C=O) groups excluding carboxylic acids is 2. The van der Waals surface area contributed by atoms with E-state index in [1.54, 1.807) is 59.7 Å². The molecule has 3 aromatic heterocycles. The Kier molecular flexibility index (Phi) is 4.09. The van der Waals surface area contributed by atoms with E-state index in [2.05, 4.69) is 25.6 Å². The van der Waals surface area contributed by atoms with Crippen LogP contribution in [0.25, 0.3) is 16.6 Å². The molecule has 3 heterocycles. The number of nitrogens with zero attached hydrogens (tertiary/aromatic N) is 4. The largest absolute Gasteiger partial charge is 0.464 e. The third kappa shape index (κ3) is 3.13. The molecule has 0 radical (unpaired) electrons. The number of amides is 1. The van der Waals surface area contributed by atoms with Gasteiger partial charge in [-0.25, -0.2) is 9.48 Å². The zero-order valence-electron chi connectivity index (χ0n) is 14.2. The summed E-state index contributed by atoms with van der Waals surface area (Å²) in [6, 6.07) is 10.3. The van der Waals surface area contributed by atoms with Gasteiger partial charge in [0.15, 0.2) is 5.69 Å². The fourth-order valence-electron chi connectivity index (χ4n) is 2.65. The topological polar surface area (TPSA) is 115 Å². The van der Waals surface area contributed by atoms with E-state index in [4.69, 9.17) is 4.74 Å². The van der Waals surface area contributed by atoms with Gasteiger partial charge < -0.3 is 10.1 Å². The zero-order valence-corrected chi connectivity index (χ0v) is 14.2. The first kappa shape index (κ1) is 16.5. The Labute approximate surface area is 153 Å². The molecule has 0 saturated carbocycles. The number of nitrogens with one attached hydrogen (secondary N) is 2. The highest BCUT2D eigenvalue weighted by atomic mass is 16.5. The number of aromatic amines is 1. The van der Waals surface area contributed by atoms with Gasteiger partial charge in [0, 0.05) is 29.7 Å². The Morgan fingerprint density at radius 1 is 1.19 bits per heavy atom. The van der Waals surface area contributed by atoms with Gasteiger partial charge in [0.2, 0.25) is 0 Å². The van der Waals surface area contributed by atoms with E-state index in [0.29, 0.717) is 16.6 Å². The molecular weight excluding hydrogens is 348 g/mol. The van der Waals surface area contributed by atoms with Crippen molar-refractivity contribution in [3.63, 3.8) is 0 Å². The molecule has 0 fully saturated rings. The summed E-state index contributed by atoms with van der Waals surface area (Å²) in [7, 11) is 1.28. The van der Waals surface area contributed by atoms with Crippen molar-refractivity contribution < 1.29 is 14.3 Å². The maximum absolute atomic E-state index is 12.6. The molecule has 9 nitrogen and oxygen atoms in total. The zero-order chi connectivity index (χ0) is 18.8. The van der Waals surface area contributed by atoms with Crippen LogP contribution in [0.2, 0.25) is 0 Å². The quantitative estimate of drug-likeness (QED) is 0.538. The molecule has 0 bridgehead atoms. The molecule has 2 N–H and O–H groups in total. The van der Waals surface area contributed by atoms with Crippen molar-refractivity contribution in [3.8, 4) is 5.69 Å². The highest BCUT2D eigenvalue weighted by Crippen LogP contribution is 2.21. The number of H-pyrrole nitrogens is 1. The first-order chi connectivity index (χ1) is 13.2. The summed E-state index contributed by atoms with van der Waals surface area (Å²) in [6.45, 7) is 0. The van der Waals surface area contributed by atoms with E-state index in [1.807, 2.05) is 0 Å². The average Bonchev–Trinajstić information content (AvgIpc) is 3.37. The summed E-state index contributed by atoms with van der Waals surface area (Å²) >= 11 is 0. The van der Waals surface area contributed by atoms with Crippen LogP contribution >= 0.6 is 0 Å². The lowest BCUT2D eigenvalue weighted by Gasteiger charge is -2.07. The molecular formula is C18H14N6O3. The molecule has 0 aliphatic heterocycles.